The normalized spacial score (nSPS) is 11.4. The van der Waals surface area contributed by atoms with Crippen LogP contribution in [0.5, 0.6) is 11.5 Å². The fourth-order valence-electron chi connectivity index (χ4n) is 1.57. The van der Waals surface area contributed by atoms with Crippen LogP contribution < -0.4 is 14.8 Å². The van der Waals surface area contributed by atoms with Crippen LogP contribution in [-0.4, -0.2) is 19.3 Å². The summed E-state index contributed by atoms with van der Waals surface area (Å²) in [6.45, 7) is 7.02. The molecule has 4 nitrogen and oxygen atoms in total. The van der Waals surface area contributed by atoms with Gasteiger partial charge in [0.25, 0.3) is 0 Å². The highest BCUT2D eigenvalue weighted by molar-refractivity contribution is 5.55. The molecule has 0 fully saturated rings. The van der Waals surface area contributed by atoms with E-state index in [0.717, 1.165) is 17.9 Å². The van der Waals surface area contributed by atoms with Crippen molar-refractivity contribution in [3.05, 3.63) is 18.2 Å². The molecule has 1 N–H and O–H groups in total. The fraction of sp³-hybridized carbons (Fsp3) is 0.500. The van der Waals surface area contributed by atoms with Crippen LogP contribution in [0.15, 0.2) is 18.2 Å². The summed E-state index contributed by atoms with van der Waals surface area (Å²) in [7, 11) is 0. The van der Waals surface area contributed by atoms with E-state index >= 15 is 0 Å². The van der Waals surface area contributed by atoms with Gasteiger partial charge < -0.3 is 14.8 Å². The zero-order valence-corrected chi connectivity index (χ0v) is 11.2. The van der Waals surface area contributed by atoms with E-state index in [-0.39, 0.29) is 6.04 Å². The Labute approximate surface area is 109 Å². The number of benzene rings is 1. The van der Waals surface area contributed by atoms with Gasteiger partial charge in [0.2, 0.25) is 0 Å². The van der Waals surface area contributed by atoms with Crippen molar-refractivity contribution in [2.45, 2.75) is 33.2 Å². The molecule has 1 aromatic carbocycles. The summed E-state index contributed by atoms with van der Waals surface area (Å²) in [6.07, 6.45) is 0.758. The van der Waals surface area contributed by atoms with Gasteiger partial charge in [0, 0.05) is 11.8 Å². The number of nitriles is 1. The van der Waals surface area contributed by atoms with Gasteiger partial charge in [-0.25, -0.2) is 0 Å². The average Bonchev–Trinajstić information content (AvgIpc) is 2.39. The lowest BCUT2D eigenvalue weighted by molar-refractivity contribution is 0.288. The molecule has 0 aliphatic heterocycles. The van der Waals surface area contributed by atoms with Crippen LogP contribution >= 0.6 is 0 Å². The summed E-state index contributed by atoms with van der Waals surface area (Å²) in [5.74, 6) is 1.44. The van der Waals surface area contributed by atoms with E-state index in [9.17, 15) is 0 Å². The zero-order chi connectivity index (χ0) is 13.4. The third-order valence-corrected chi connectivity index (χ3v) is 2.45. The summed E-state index contributed by atoms with van der Waals surface area (Å²) in [6, 6.07) is 7.65. The van der Waals surface area contributed by atoms with E-state index in [4.69, 9.17) is 14.7 Å². The molecule has 0 aliphatic rings. The van der Waals surface area contributed by atoms with Crippen LogP contribution in [0.25, 0.3) is 0 Å². The third kappa shape index (κ3) is 3.85. The third-order valence-electron chi connectivity index (χ3n) is 2.45. The van der Waals surface area contributed by atoms with Crippen molar-refractivity contribution in [2.75, 3.05) is 18.5 Å². The second kappa shape index (κ2) is 7.44. The topological polar surface area (TPSA) is 54.3 Å². The Morgan fingerprint density at radius 2 is 1.83 bits per heavy atom. The van der Waals surface area contributed by atoms with Crippen molar-refractivity contribution in [1.82, 2.24) is 0 Å². The molecule has 0 aromatic heterocycles. The SMILES string of the molecule is CCOc1ccc(NC(C#N)CC)cc1OCC. The van der Waals surface area contributed by atoms with Gasteiger partial charge in [0.15, 0.2) is 11.5 Å². The number of ether oxygens (including phenoxy) is 2. The second-order valence-corrected chi connectivity index (χ2v) is 3.76. The fourth-order valence-corrected chi connectivity index (χ4v) is 1.57. The molecule has 0 aliphatic carbocycles. The quantitative estimate of drug-likeness (QED) is 0.805. The van der Waals surface area contributed by atoms with Gasteiger partial charge >= 0.3 is 0 Å². The lowest BCUT2D eigenvalue weighted by atomic mass is 10.2. The Morgan fingerprint density at radius 1 is 1.17 bits per heavy atom. The lowest BCUT2D eigenvalue weighted by Gasteiger charge is -2.15. The Morgan fingerprint density at radius 3 is 2.39 bits per heavy atom. The van der Waals surface area contributed by atoms with Crippen LogP contribution in [-0.2, 0) is 0 Å². The van der Waals surface area contributed by atoms with Gasteiger partial charge in [0.05, 0.1) is 19.3 Å². The van der Waals surface area contributed by atoms with Crippen molar-refractivity contribution >= 4 is 5.69 Å². The van der Waals surface area contributed by atoms with E-state index in [0.29, 0.717) is 19.0 Å². The smallest absolute Gasteiger partial charge is 0.163 e. The van der Waals surface area contributed by atoms with E-state index < -0.39 is 0 Å². The molecule has 18 heavy (non-hydrogen) atoms. The standard InChI is InChI=1S/C14H20N2O2/c1-4-11(10-15)16-12-7-8-13(17-5-2)14(9-12)18-6-3/h7-9,11,16H,4-6H2,1-3H3. The maximum absolute atomic E-state index is 8.93. The number of hydrogen-bond donors (Lipinski definition) is 1. The van der Waals surface area contributed by atoms with Crippen LogP contribution in [0, 0.1) is 11.3 Å². The Bertz CT molecular complexity index is 413. The molecule has 0 saturated heterocycles. The molecule has 1 rings (SSSR count). The molecule has 1 aromatic rings. The van der Waals surface area contributed by atoms with Crippen molar-refractivity contribution in [1.29, 1.82) is 5.26 Å². The first-order valence-corrected chi connectivity index (χ1v) is 6.30. The van der Waals surface area contributed by atoms with Crippen LogP contribution in [0.3, 0.4) is 0 Å². The van der Waals surface area contributed by atoms with Gasteiger partial charge in [-0.05, 0) is 32.4 Å². The number of hydrogen-bond acceptors (Lipinski definition) is 4. The largest absolute Gasteiger partial charge is 0.490 e. The number of rotatable bonds is 7. The van der Waals surface area contributed by atoms with E-state index in [2.05, 4.69) is 11.4 Å². The van der Waals surface area contributed by atoms with Gasteiger partial charge in [-0.15, -0.1) is 0 Å². The summed E-state index contributed by atoms with van der Waals surface area (Å²) < 4.78 is 11.0. The van der Waals surface area contributed by atoms with Crippen LogP contribution in [0.1, 0.15) is 27.2 Å². The molecule has 4 heteroatoms. The van der Waals surface area contributed by atoms with Crippen LogP contribution in [0.4, 0.5) is 5.69 Å². The van der Waals surface area contributed by atoms with Crippen molar-refractivity contribution in [3.63, 3.8) is 0 Å². The highest BCUT2D eigenvalue weighted by Gasteiger charge is 2.08. The van der Waals surface area contributed by atoms with Gasteiger partial charge in [-0.1, -0.05) is 6.92 Å². The average molecular weight is 248 g/mol. The molecule has 0 spiro atoms. The summed E-state index contributed by atoms with van der Waals surface area (Å²) in [4.78, 5) is 0. The Balaban J connectivity index is 2.88. The highest BCUT2D eigenvalue weighted by atomic mass is 16.5. The number of anilines is 1. The molecule has 0 bridgehead atoms. The maximum Gasteiger partial charge on any atom is 0.163 e. The predicted molar refractivity (Wildman–Crippen MR) is 72.1 cm³/mol. The minimum Gasteiger partial charge on any atom is -0.490 e. The first-order chi connectivity index (χ1) is 8.74. The second-order valence-electron chi connectivity index (χ2n) is 3.76. The Hall–Kier alpha value is -1.89. The monoisotopic (exact) mass is 248 g/mol. The van der Waals surface area contributed by atoms with Gasteiger partial charge in [0.1, 0.15) is 6.04 Å². The summed E-state index contributed by atoms with van der Waals surface area (Å²) >= 11 is 0. The van der Waals surface area contributed by atoms with E-state index in [1.165, 1.54) is 0 Å². The minimum atomic E-state index is -0.183. The molecule has 0 heterocycles. The van der Waals surface area contributed by atoms with E-state index in [1.807, 2.05) is 39.0 Å². The number of nitrogens with zero attached hydrogens (tertiary/aromatic N) is 1. The predicted octanol–water partition coefficient (Wildman–Crippen LogP) is 3.20. The maximum atomic E-state index is 8.93. The van der Waals surface area contributed by atoms with Gasteiger partial charge in [-0.2, -0.15) is 5.26 Å². The first-order valence-electron chi connectivity index (χ1n) is 6.30. The minimum absolute atomic E-state index is 0.183. The molecule has 0 amide bonds. The highest BCUT2D eigenvalue weighted by Crippen LogP contribution is 2.30. The summed E-state index contributed by atoms with van der Waals surface area (Å²) in [5.41, 5.74) is 0.871. The summed E-state index contributed by atoms with van der Waals surface area (Å²) in [5, 5.41) is 12.1. The molecular weight excluding hydrogens is 228 g/mol. The molecule has 1 atom stereocenters. The Kier molecular flexibility index (Phi) is 5.86. The molecule has 0 radical (unpaired) electrons. The zero-order valence-electron chi connectivity index (χ0n) is 11.2. The molecule has 0 saturated carbocycles. The van der Waals surface area contributed by atoms with Crippen LogP contribution in [0.2, 0.25) is 0 Å². The molecule has 1 unspecified atom stereocenters. The molecule has 98 valence electrons. The molecular formula is C14H20N2O2. The number of nitrogens with one attached hydrogen (secondary N) is 1. The van der Waals surface area contributed by atoms with E-state index in [1.54, 1.807) is 0 Å². The van der Waals surface area contributed by atoms with Crippen molar-refractivity contribution in [2.24, 2.45) is 0 Å². The van der Waals surface area contributed by atoms with Crippen molar-refractivity contribution in [3.8, 4) is 17.6 Å². The lowest BCUT2D eigenvalue weighted by Crippen LogP contribution is -2.15. The van der Waals surface area contributed by atoms with Gasteiger partial charge in [-0.3, -0.25) is 0 Å². The van der Waals surface area contributed by atoms with Crippen molar-refractivity contribution < 1.29 is 9.47 Å². The first kappa shape index (κ1) is 14.2.